The monoisotopic (exact) mass is 439 g/mol. The second kappa shape index (κ2) is 9.93. The van der Waals surface area contributed by atoms with Gasteiger partial charge in [-0.3, -0.25) is 4.79 Å². The Balaban J connectivity index is 1.66. The van der Waals surface area contributed by atoms with Crippen molar-refractivity contribution in [2.45, 2.75) is 32.9 Å². The molecule has 7 nitrogen and oxygen atoms in total. The van der Waals surface area contributed by atoms with Crippen molar-refractivity contribution in [2.75, 3.05) is 19.8 Å². The summed E-state index contributed by atoms with van der Waals surface area (Å²) in [4.78, 5) is 16.7. The van der Waals surface area contributed by atoms with Crippen molar-refractivity contribution < 1.29 is 19.1 Å². The van der Waals surface area contributed by atoms with Crippen LogP contribution in [0.3, 0.4) is 0 Å². The lowest BCUT2D eigenvalue weighted by Gasteiger charge is -2.07. The Labute approximate surface area is 184 Å². The predicted molar refractivity (Wildman–Crippen MR) is 120 cm³/mol. The van der Waals surface area contributed by atoms with Gasteiger partial charge in [-0.25, -0.2) is 9.37 Å². The topological polar surface area (TPSA) is 78.5 Å². The van der Waals surface area contributed by atoms with E-state index in [1.54, 1.807) is 24.4 Å². The molecule has 0 saturated heterocycles. The lowest BCUT2D eigenvalue weighted by atomic mass is 10.1. The van der Waals surface area contributed by atoms with Gasteiger partial charge in [-0.05, 0) is 30.2 Å². The molecule has 32 heavy (non-hydrogen) atoms. The molecule has 8 heteroatoms. The number of halogens is 1. The molecule has 4 rings (SSSR count). The summed E-state index contributed by atoms with van der Waals surface area (Å²) in [5.41, 5.74) is 2.27. The van der Waals surface area contributed by atoms with Gasteiger partial charge in [0.2, 0.25) is 0 Å². The first-order chi connectivity index (χ1) is 15.6. The summed E-state index contributed by atoms with van der Waals surface area (Å²) in [7, 11) is 0. The number of pyridine rings is 2. The summed E-state index contributed by atoms with van der Waals surface area (Å²) in [5, 5.41) is 11.2. The lowest BCUT2D eigenvalue weighted by molar-refractivity contribution is 0.0400. The standard InChI is InChI=1S/C24H26FN3O4/c1-2-3-10-31-11-12-32-16-18-15-27(14-17-4-6-19(25)7-5-17)21-13-26-23-20(22(18)21)8-9-28(30)24(23)29/h4-9,13,15,30H,2-3,10-12,14,16H2,1H3. The zero-order valence-corrected chi connectivity index (χ0v) is 18.0. The van der Waals surface area contributed by atoms with E-state index >= 15 is 0 Å². The third-order valence-corrected chi connectivity index (χ3v) is 5.37. The zero-order valence-electron chi connectivity index (χ0n) is 18.0. The van der Waals surface area contributed by atoms with Crippen LogP contribution in [0.25, 0.3) is 21.8 Å². The molecular weight excluding hydrogens is 413 g/mol. The zero-order chi connectivity index (χ0) is 22.5. The summed E-state index contributed by atoms with van der Waals surface area (Å²) in [6, 6.07) is 8.02. The number of ether oxygens (including phenoxy) is 2. The first kappa shape index (κ1) is 22.0. The van der Waals surface area contributed by atoms with Crippen LogP contribution >= 0.6 is 0 Å². The Morgan fingerprint density at radius 1 is 1.09 bits per heavy atom. The van der Waals surface area contributed by atoms with E-state index in [0.717, 1.165) is 41.5 Å². The molecule has 0 bridgehead atoms. The van der Waals surface area contributed by atoms with Crippen molar-refractivity contribution in [3.8, 4) is 0 Å². The van der Waals surface area contributed by atoms with Crippen molar-refractivity contribution in [2.24, 2.45) is 0 Å². The summed E-state index contributed by atoms with van der Waals surface area (Å²) < 4.78 is 27.2. The Hall–Kier alpha value is -3.23. The second-order valence-corrected chi connectivity index (χ2v) is 7.67. The van der Waals surface area contributed by atoms with Gasteiger partial charge in [0.15, 0.2) is 0 Å². The minimum Gasteiger partial charge on any atom is -0.425 e. The van der Waals surface area contributed by atoms with Crippen LogP contribution in [0.15, 0.2) is 53.7 Å². The highest BCUT2D eigenvalue weighted by Crippen LogP contribution is 2.28. The van der Waals surface area contributed by atoms with Gasteiger partial charge >= 0.3 is 5.56 Å². The maximum atomic E-state index is 13.3. The number of hydrogen-bond donors (Lipinski definition) is 1. The SMILES string of the molecule is CCCCOCCOCc1cn(Cc2ccc(F)cc2)c2cnc3c(=O)n(O)ccc3c12. The van der Waals surface area contributed by atoms with Gasteiger partial charge in [0.05, 0.1) is 31.5 Å². The number of fused-ring (bicyclic) bond motifs is 3. The van der Waals surface area contributed by atoms with Gasteiger partial charge in [-0.15, -0.1) is 0 Å². The number of hydrogen-bond acceptors (Lipinski definition) is 5. The van der Waals surface area contributed by atoms with Crippen LogP contribution in [0, 0.1) is 5.82 Å². The van der Waals surface area contributed by atoms with Gasteiger partial charge < -0.3 is 19.2 Å². The predicted octanol–water partition coefficient (Wildman–Crippen LogP) is 4.11. The second-order valence-electron chi connectivity index (χ2n) is 7.67. The quantitative estimate of drug-likeness (QED) is 0.297. The molecule has 0 fully saturated rings. The molecule has 1 aromatic carbocycles. The van der Waals surface area contributed by atoms with Crippen molar-refractivity contribution in [1.29, 1.82) is 0 Å². The van der Waals surface area contributed by atoms with E-state index in [-0.39, 0.29) is 11.3 Å². The summed E-state index contributed by atoms with van der Waals surface area (Å²) >= 11 is 0. The van der Waals surface area contributed by atoms with Crippen LogP contribution in [0.5, 0.6) is 0 Å². The minimum absolute atomic E-state index is 0.186. The Kier molecular flexibility index (Phi) is 6.82. The van der Waals surface area contributed by atoms with Crippen molar-refractivity contribution >= 4 is 21.8 Å². The Bertz CT molecular complexity index is 1260. The van der Waals surface area contributed by atoms with Crippen LogP contribution in [-0.4, -0.2) is 39.3 Å². The lowest BCUT2D eigenvalue weighted by Crippen LogP contribution is -2.17. The molecular formula is C24H26FN3O4. The van der Waals surface area contributed by atoms with Crippen LogP contribution < -0.4 is 5.56 Å². The number of benzene rings is 1. The minimum atomic E-state index is -0.577. The number of rotatable bonds is 10. The van der Waals surface area contributed by atoms with E-state index in [0.29, 0.717) is 36.5 Å². The van der Waals surface area contributed by atoms with Gasteiger partial charge in [0, 0.05) is 41.9 Å². The molecule has 0 radical (unpaired) electrons. The van der Waals surface area contributed by atoms with E-state index < -0.39 is 5.56 Å². The van der Waals surface area contributed by atoms with Gasteiger partial charge in [-0.2, -0.15) is 4.73 Å². The van der Waals surface area contributed by atoms with E-state index in [4.69, 9.17) is 9.47 Å². The molecule has 0 atom stereocenters. The van der Waals surface area contributed by atoms with Crippen LogP contribution in [0.1, 0.15) is 30.9 Å². The molecule has 0 aliphatic rings. The fourth-order valence-corrected chi connectivity index (χ4v) is 3.72. The van der Waals surface area contributed by atoms with Crippen molar-refractivity contribution in [1.82, 2.24) is 14.3 Å². The van der Waals surface area contributed by atoms with Gasteiger partial charge in [-0.1, -0.05) is 25.5 Å². The third-order valence-electron chi connectivity index (χ3n) is 5.37. The van der Waals surface area contributed by atoms with Crippen molar-refractivity contribution in [3.05, 3.63) is 76.2 Å². The van der Waals surface area contributed by atoms with Crippen LogP contribution in [0.2, 0.25) is 0 Å². The Morgan fingerprint density at radius 2 is 1.88 bits per heavy atom. The van der Waals surface area contributed by atoms with Crippen molar-refractivity contribution in [3.63, 3.8) is 0 Å². The molecule has 0 unspecified atom stereocenters. The van der Waals surface area contributed by atoms with Gasteiger partial charge in [0.25, 0.3) is 0 Å². The largest absolute Gasteiger partial charge is 0.425 e. The highest BCUT2D eigenvalue weighted by atomic mass is 19.1. The van der Waals surface area contributed by atoms with E-state index in [1.807, 2.05) is 10.8 Å². The highest BCUT2D eigenvalue weighted by molar-refractivity contribution is 6.06. The maximum absolute atomic E-state index is 13.3. The Morgan fingerprint density at radius 3 is 2.66 bits per heavy atom. The van der Waals surface area contributed by atoms with Crippen LogP contribution in [-0.2, 0) is 22.6 Å². The molecule has 0 spiro atoms. The molecule has 1 N–H and O–H groups in total. The fourth-order valence-electron chi connectivity index (χ4n) is 3.72. The number of unbranched alkanes of at least 4 members (excludes halogenated alkanes) is 1. The third kappa shape index (κ3) is 4.66. The molecule has 3 heterocycles. The summed E-state index contributed by atoms with van der Waals surface area (Å²) in [6.07, 6.45) is 7.02. The molecule has 0 saturated carbocycles. The van der Waals surface area contributed by atoms with Crippen LogP contribution in [0.4, 0.5) is 4.39 Å². The fraction of sp³-hybridized carbons (Fsp3) is 0.333. The average molecular weight is 439 g/mol. The number of nitrogens with zero attached hydrogens (tertiary/aromatic N) is 3. The molecule has 0 aliphatic carbocycles. The summed E-state index contributed by atoms with van der Waals surface area (Å²) in [5.74, 6) is -0.283. The normalized spacial score (nSPS) is 11.6. The number of aromatic nitrogens is 3. The van der Waals surface area contributed by atoms with E-state index in [1.165, 1.54) is 18.3 Å². The smallest absolute Gasteiger partial charge is 0.309 e. The summed E-state index contributed by atoms with van der Waals surface area (Å²) in [6.45, 7) is 4.67. The average Bonchev–Trinajstić information content (AvgIpc) is 3.14. The molecule has 3 aromatic heterocycles. The first-order valence-corrected chi connectivity index (χ1v) is 10.7. The highest BCUT2D eigenvalue weighted by Gasteiger charge is 2.16. The molecule has 4 aromatic rings. The van der Waals surface area contributed by atoms with E-state index in [2.05, 4.69) is 11.9 Å². The van der Waals surface area contributed by atoms with E-state index in [9.17, 15) is 14.4 Å². The van der Waals surface area contributed by atoms with Gasteiger partial charge in [0.1, 0.15) is 11.3 Å². The molecule has 0 aliphatic heterocycles. The maximum Gasteiger partial charge on any atom is 0.309 e. The molecule has 0 amide bonds. The first-order valence-electron chi connectivity index (χ1n) is 10.7. The molecule has 168 valence electrons.